The van der Waals surface area contributed by atoms with Gasteiger partial charge in [0.05, 0.1) is 13.2 Å². The van der Waals surface area contributed by atoms with Crippen molar-refractivity contribution in [3.8, 4) is 0 Å². The van der Waals surface area contributed by atoms with Crippen molar-refractivity contribution in [1.82, 2.24) is 5.59 Å². The first-order valence-electron chi connectivity index (χ1n) is 3.95. The Morgan fingerprint density at radius 1 is 1.07 bits per heavy atom. The molecule has 0 saturated heterocycles. The van der Waals surface area contributed by atoms with Crippen LogP contribution in [0.2, 0.25) is 0 Å². The maximum atomic E-state index is 9.19. The van der Waals surface area contributed by atoms with Gasteiger partial charge in [0.25, 0.3) is 0 Å². The molecule has 8 heteroatoms. The third-order valence-corrected chi connectivity index (χ3v) is 1.66. The highest BCUT2D eigenvalue weighted by Crippen LogP contribution is 2.04. The Labute approximate surface area is 80.5 Å². The number of hydrazine groups is 1. The second-order valence-corrected chi connectivity index (χ2v) is 2.73. The fraction of sp³-hybridized carbons (Fsp3) is 1.00. The zero-order valence-corrected chi connectivity index (χ0v) is 7.45. The van der Waals surface area contributed by atoms with Gasteiger partial charge in [0.2, 0.25) is 0 Å². The zero-order chi connectivity index (χ0) is 11.1. The van der Waals surface area contributed by atoms with Gasteiger partial charge in [-0.3, -0.25) is 4.84 Å². The fourth-order valence-electron chi connectivity index (χ4n) is 0.795. The highest BCUT2D eigenvalue weighted by atomic mass is 16.7. The molecule has 0 unspecified atom stereocenters. The van der Waals surface area contributed by atoms with Crippen molar-refractivity contribution in [2.24, 2.45) is 5.84 Å². The third kappa shape index (κ3) is 4.26. The van der Waals surface area contributed by atoms with Gasteiger partial charge in [-0.15, -0.1) is 5.59 Å². The van der Waals surface area contributed by atoms with Gasteiger partial charge >= 0.3 is 0 Å². The predicted molar refractivity (Wildman–Crippen MR) is 44.4 cm³/mol. The zero-order valence-electron chi connectivity index (χ0n) is 7.45. The van der Waals surface area contributed by atoms with E-state index in [1.165, 1.54) is 0 Å². The van der Waals surface area contributed by atoms with Gasteiger partial charge in [-0.1, -0.05) is 0 Å². The van der Waals surface area contributed by atoms with Gasteiger partial charge in [-0.2, -0.15) is 0 Å². The molecule has 8 nitrogen and oxygen atoms in total. The molecule has 0 aromatic carbocycles. The summed E-state index contributed by atoms with van der Waals surface area (Å²) in [5.74, 6) is 4.72. The molecule has 0 aromatic heterocycles. The number of hydrogen-bond acceptors (Lipinski definition) is 8. The summed E-state index contributed by atoms with van der Waals surface area (Å²) < 4.78 is 0. The first-order valence-corrected chi connectivity index (χ1v) is 3.95. The van der Waals surface area contributed by atoms with E-state index in [2.05, 4.69) is 4.84 Å². The summed E-state index contributed by atoms with van der Waals surface area (Å²) in [4.78, 5) is 4.34. The Kier molecular flexibility index (Phi) is 6.87. The molecule has 14 heavy (non-hydrogen) atoms. The standard InChI is InChI=1S/C6H16N2O6/c7-8-14-2-4(11)6(13)5(12)3(10)1-9/h3-6,8-13H,1-2,7H2/t3-,4-,5+,6-/m1/s1. The molecule has 0 aliphatic heterocycles. The van der Waals surface area contributed by atoms with Gasteiger partial charge in [0.15, 0.2) is 0 Å². The molecule has 0 spiro atoms. The predicted octanol–water partition coefficient (Wildman–Crippen LogP) is -4.18. The summed E-state index contributed by atoms with van der Waals surface area (Å²) in [5, 5.41) is 44.8. The number of hydrogen-bond donors (Lipinski definition) is 7. The largest absolute Gasteiger partial charge is 0.394 e. The van der Waals surface area contributed by atoms with Crippen LogP contribution in [0.4, 0.5) is 0 Å². The molecule has 0 aromatic rings. The Morgan fingerprint density at radius 3 is 2.00 bits per heavy atom. The molecule has 0 fully saturated rings. The number of nitrogens with two attached hydrogens (primary N) is 1. The van der Waals surface area contributed by atoms with E-state index in [-0.39, 0.29) is 6.61 Å². The van der Waals surface area contributed by atoms with Gasteiger partial charge < -0.3 is 25.5 Å². The molecule has 0 aliphatic rings. The van der Waals surface area contributed by atoms with Crippen LogP contribution in [-0.4, -0.2) is 63.2 Å². The van der Waals surface area contributed by atoms with Crippen LogP contribution in [0.15, 0.2) is 0 Å². The van der Waals surface area contributed by atoms with Crippen molar-refractivity contribution in [2.75, 3.05) is 13.2 Å². The summed E-state index contributed by atoms with van der Waals surface area (Å²) in [6.07, 6.45) is -6.24. The molecule has 86 valence electrons. The second kappa shape index (κ2) is 7.04. The van der Waals surface area contributed by atoms with Crippen LogP contribution in [0, 0.1) is 0 Å². The number of rotatable bonds is 7. The van der Waals surface area contributed by atoms with Gasteiger partial charge in [-0.05, 0) is 0 Å². The second-order valence-electron chi connectivity index (χ2n) is 2.73. The molecule has 0 aliphatic carbocycles. The molecular weight excluding hydrogens is 196 g/mol. The number of aliphatic hydroxyl groups is 5. The van der Waals surface area contributed by atoms with Gasteiger partial charge in [-0.25, -0.2) is 5.84 Å². The lowest BCUT2D eigenvalue weighted by Gasteiger charge is -2.25. The quantitative estimate of drug-likeness (QED) is 0.166. The van der Waals surface area contributed by atoms with E-state index in [9.17, 15) is 5.11 Å². The van der Waals surface area contributed by atoms with Crippen molar-refractivity contribution in [3.05, 3.63) is 0 Å². The van der Waals surface area contributed by atoms with Crippen molar-refractivity contribution in [3.63, 3.8) is 0 Å². The van der Waals surface area contributed by atoms with E-state index < -0.39 is 31.0 Å². The summed E-state index contributed by atoms with van der Waals surface area (Å²) in [5.41, 5.74) is 1.77. The SMILES string of the molecule is NNOC[C@@H](O)[C@@H](O)[C@@H](O)[C@H](O)CO. The van der Waals surface area contributed by atoms with E-state index in [0.717, 1.165) is 0 Å². The minimum Gasteiger partial charge on any atom is -0.394 e. The van der Waals surface area contributed by atoms with Gasteiger partial charge in [0, 0.05) is 0 Å². The van der Waals surface area contributed by atoms with Crippen LogP contribution < -0.4 is 11.4 Å². The molecule has 0 bridgehead atoms. The molecule has 0 rings (SSSR count). The first kappa shape index (κ1) is 13.7. The number of nitrogens with one attached hydrogen (secondary N) is 1. The maximum absolute atomic E-state index is 9.19. The summed E-state index contributed by atoms with van der Waals surface area (Å²) in [7, 11) is 0. The molecule has 4 atom stereocenters. The molecule has 0 saturated carbocycles. The smallest absolute Gasteiger partial charge is 0.111 e. The average molecular weight is 212 g/mol. The van der Waals surface area contributed by atoms with E-state index in [4.69, 9.17) is 26.3 Å². The Hall–Kier alpha value is -0.320. The summed E-state index contributed by atoms with van der Waals surface area (Å²) in [6, 6.07) is 0. The van der Waals surface area contributed by atoms with Crippen molar-refractivity contribution < 1.29 is 30.4 Å². The first-order chi connectivity index (χ1) is 6.54. The Balaban J connectivity index is 3.95. The lowest BCUT2D eigenvalue weighted by Crippen LogP contribution is -2.48. The van der Waals surface area contributed by atoms with Crippen LogP contribution in [0.1, 0.15) is 0 Å². The highest BCUT2D eigenvalue weighted by Gasteiger charge is 2.29. The van der Waals surface area contributed by atoms with E-state index in [1.807, 2.05) is 0 Å². The maximum Gasteiger partial charge on any atom is 0.111 e. The number of aliphatic hydroxyl groups excluding tert-OH is 5. The van der Waals surface area contributed by atoms with Crippen LogP contribution in [0.5, 0.6) is 0 Å². The molecule has 0 amide bonds. The van der Waals surface area contributed by atoms with E-state index in [0.29, 0.717) is 0 Å². The third-order valence-electron chi connectivity index (χ3n) is 1.66. The van der Waals surface area contributed by atoms with E-state index in [1.54, 1.807) is 5.59 Å². The highest BCUT2D eigenvalue weighted by molar-refractivity contribution is 4.80. The van der Waals surface area contributed by atoms with E-state index >= 15 is 0 Å². The lowest BCUT2D eigenvalue weighted by molar-refractivity contribution is -0.137. The van der Waals surface area contributed by atoms with Crippen LogP contribution >= 0.6 is 0 Å². The summed E-state index contributed by atoms with van der Waals surface area (Å²) >= 11 is 0. The molecular formula is C6H16N2O6. The fourth-order valence-corrected chi connectivity index (χ4v) is 0.795. The Bertz CT molecular complexity index is 148. The van der Waals surface area contributed by atoms with Crippen LogP contribution in [-0.2, 0) is 4.84 Å². The lowest BCUT2D eigenvalue weighted by atomic mass is 10.0. The monoisotopic (exact) mass is 212 g/mol. The topological polar surface area (TPSA) is 148 Å². The van der Waals surface area contributed by atoms with Crippen LogP contribution in [0.25, 0.3) is 0 Å². The minimum atomic E-state index is -1.66. The van der Waals surface area contributed by atoms with Crippen molar-refractivity contribution >= 4 is 0 Å². The minimum absolute atomic E-state index is 0.368. The molecule has 0 radical (unpaired) electrons. The summed E-state index contributed by atoms with van der Waals surface area (Å²) in [6.45, 7) is -1.09. The van der Waals surface area contributed by atoms with Crippen molar-refractivity contribution in [1.29, 1.82) is 0 Å². The normalized spacial score (nSPS) is 20.1. The van der Waals surface area contributed by atoms with Crippen LogP contribution in [0.3, 0.4) is 0 Å². The Morgan fingerprint density at radius 2 is 1.57 bits per heavy atom. The van der Waals surface area contributed by atoms with Gasteiger partial charge in [0.1, 0.15) is 24.4 Å². The molecule has 8 N–H and O–H groups in total. The molecule has 0 heterocycles. The van der Waals surface area contributed by atoms with Crippen molar-refractivity contribution in [2.45, 2.75) is 24.4 Å². The average Bonchev–Trinajstić information content (AvgIpc) is 2.22.